The van der Waals surface area contributed by atoms with E-state index in [1.165, 1.54) is 34.1 Å². The molecule has 0 aliphatic carbocycles. The van der Waals surface area contributed by atoms with E-state index in [0.717, 1.165) is 28.0 Å². The highest BCUT2D eigenvalue weighted by Crippen LogP contribution is 2.29. The number of hydrogen-bond acceptors (Lipinski definition) is 17. The number of aliphatic hydroxyl groups excluding tert-OH is 1. The minimum atomic E-state index is -4.45. The number of ether oxygens (including phenoxy) is 4. The number of likely N-dealkylation sites (tertiary alicyclic amines) is 1. The van der Waals surface area contributed by atoms with Crippen LogP contribution in [0.2, 0.25) is 0 Å². The maximum absolute atomic E-state index is 13.9. The van der Waals surface area contributed by atoms with E-state index in [-0.39, 0.29) is 119 Å². The number of hydrogen-bond donors (Lipinski definition) is 5. The summed E-state index contributed by atoms with van der Waals surface area (Å²) in [6.07, 6.45) is -1.03. The number of β-amino-alcohol motifs (C(OH)–C–C–N with tert-alkyl or cyclic N) is 1. The predicted molar refractivity (Wildman–Crippen MR) is 264 cm³/mol. The van der Waals surface area contributed by atoms with Crippen LogP contribution in [-0.4, -0.2) is 154 Å². The summed E-state index contributed by atoms with van der Waals surface area (Å²) in [6.45, 7) is 7.48. The number of ketones is 1. The number of thiazole rings is 1. The Morgan fingerprint density at radius 2 is 1.62 bits per heavy atom. The number of rotatable bonds is 27. The van der Waals surface area contributed by atoms with Crippen molar-refractivity contribution in [1.82, 2.24) is 40.3 Å². The fraction of sp³-hybridized carbons (Fsp3) is 0.490. The Hall–Kier alpha value is -6.64. The normalized spacial score (nSPS) is 15.2. The molecule has 1 saturated heterocycles. The van der Waals surface area contributed by atoms with Crippen molar-refractivity contribution in [3.63, 3.8) is 0 Å². The van der Waals surface area contributed by atoms with Gasteiger partial charge in [-0.25, -0.2) is 15.0 Å². The summed E-state index contributed by atoms with van der Waals surface area (Å²) in [5, 5.41) is 25.2. The molecule has 0 saturated carbocycles. The van der Waals surface area contributed by atoms with Gasteiger partial charge in [-0.3, -0.25) is 28.7 Å². The molecule has 4 amide bonds. The van der Waals surface area contributed by atoms with Gasteiger partial charge in [0.25, 0.3) is 5.91 Å². The molecule has 3 atom stereocenters. The number of aromatic nitrogens is 5. The maximum atomic E-state index is 13.9. The summed E-state index contributed by atoms with van der Waals surface area (Å²) in [5.74, 6) is -2.54. The highest BCUT2D eigenvalue weighted by Gasteiger charge is 2.44. The molecule has 0 unspecified atom stereocenters. The lowest BCUT2D eigenvalue weighted by atomic mass is 9.85. The topological polar surface area (TPSA) is 263 Å². The molecule has 1 aliphatic rings. The molecule has 21 nitrogen and oxygen atoms in total. The Balaban J connectivity index is 0.808. The minimum Gasteiger partial charge on any atom is -0.444 e. The molecular weight excluding hydrogens is 994 g/mol. The number of Topliss-reactive ketones (excluding diaryl/α,β-unsaturated/α-hetero) is 1. The van der Waals surface area contributed by atoms with Crippen LogP contribution in [-0.2, 0) is 46.9 Å². The molecule has 74 heavy (non-hydrogen) atoms. The van der Waals surface area contributed by atoms with E-state index in [2.05, 4.69) is 41.3 Å². The lowest BCUT2D eigenvalue weighted by Crippen LogP contribution is -2.58. The number of aliphatic hydroxyl groups is 1. The zero-order valence-electron chi connectivity index (χ0n) is 41.7. The van der Waals surface area contributed by atoms with Crippen molar-refractivity contribution in [2.75, 3.05) is 76.6 Å². The number of carbonyl (C=O) groups excluding carboxylic acids is 5. The van der Waals surface area contributed by atoms with Gasteiger partial charge < -0.3 is 54.6 Å². The van der Waals surface area contributed by atoms with Crippen molar-refractivity contribution in [3.05, 3.63) is 83.2 Å². The van der Waals surface area contributed by atoms with Crippen LogP contribution in [0.5, 0.6) is 0 Å². The molecule has 1 aliphatic heterocycles. The van der Waals surface area contributed by atoms with E-state index in [9.17, 15) is 42.3 Å². The fourth-order valence-corrected chi connectivity index (χ4v) is 8.41. The van der Waals surface area contributed by atoms with Crippen LogP contribution in [0.15, 0.2) is 65.0 Å². The lowest BCUT2D eigenvalue weighted by Gasteiger charge is -2.35. The van der Waals surface area contributed by atoms with Crippen LogP contribution >= 0.6 is 11.3 Å². The van der Waals surface area contributed by atoms with Crippen molar-refractivity contribution >= 4 is 52.3 Å². The molecule has 0 radical (unpaired) electrons. The molecule has 1 aromatic carbocycles. The second kappa shape index (κ2) is 26.5. The average Bonchev–Trinajstić information content (AvgIpc) is 4.19. The maximum Gasteiger partial charge on any atom is 0.405 e. The number of halogens is 3. The van der Waals surface area contributed by atoms with E-state index < -0.39 is 60.0 Å². The van der Waals surface area contributed by atoms with E-state index in [4.69, 9.17) is 23.4 Å². The fourth-order valence-electron chi connectivity index (χ4n) is 7.59. The van der Waals surface area contributed by atoms with Crippen molar-refractivity contribution in [1.29, 1.82) is 0 Å². The second-order valence-electron chi connectivity index (χ2n) is 18.3. The van der Waals surface area contributed by atoms with E-state index in [1.54, 1.807) is 44.7 Å². The Labute approximate surface area is 428 Å². The molecule has 5 aromatic rings. The van der Waals surface area contributed by atoms with Crippen LogP contribution in [0, 0.1) is 12.3 Å². The first-order valence-corrected chi connectivity index (χ1v) is 24.6. The largest absolute Gasteiger partial charge is 0.444 e. The van der Waals surface area contributed by atoms with Crippen LogP contribution in [0.4, 0.5) is 24.7 Å². The minimum absolute atomic E-state index is 0.0298. The number of anilines is 2. The van der Waals surface area contributed by atoms with Crippen molar-refractivity contribution < 1.29 is 65.6 Å². The van der Waals surface area contributed by atoms with E-state index >= 15 is 0 Å². The number of amides is 4. The number of pyridine rings is 1. The first-order valence-electron chi connectivity index (χ1n) is 23.7. The number of nitrogens with zero attached hydrogens (tertiary/aromatic N) is 6. The van der Waals surface area contributed by atoms with Crippen LogP contribution in [0.1, 0.15) is 72.3 Å². The van der Waals surface area contributed by atoms with E-state index in [1.807, 2.05) is 31.2 Å². The number of oxazole rings is 1. The molecule has 0 spiro atoms. The van der Waals surface area contributed by atoms with Gasteiger partial charge in [-0.1, -0.05) is 45.0 Å². The molecule has 0 bridgehead atoms. The summed E-state index contributed by atoms with van der Waals surface area (Å²) in [6, 6.07) is 8.62. The summed E-state index contributed by atoms with van der Waals surface area (Å²) in [7, 11) is 1.59. The number of nitrogens with one attached hydrogen (secondary N) is 4. The first kappa shape index (κ1) is 56.7. The molecule has 5 N–H and O–H groups in total. The lowest BCUT2D eigenvalue weighted by molar-refractivity contribution is -0.144. The average molecular weight is 1060 g/mol. The Morgan fingerprint density at radius 1 is 0.932 bits per heavy atom. The third-order valence-electron chi connectivity index (χ3n) is 11.3. The Morgan fingerprint density at radius 3 is 2.28 bits per heavy atom. The number of aryl methyl sites for hydroxylation is 2. The Kier molecular flexibility index (Phi) is 20.3. The van der Waals surface area contributed by atoms with Gasteiger partial charge in [0.2, 0.25) is 23.6 Å². The Bertz CT molecular complexity index is 2670. The zero-order chi connectivity index (χ0) is 53.4. The molecule has 400 valence electrons. The first-order chi connectivity index (χ1) is 35.3. The van der Waals surface area contributed by atoms with Crippen LogP contribution in [0.3, 0.4) is 0 Å². The quantitative estimate of drug-likeness (QED) is 0.0344. The van der Waals surface area contributed by atoms with Gasteiger partial charge in [-0.05, 0) is 42.0 Å². The van der Waals surface area contributed by atoms with Gasteiger partial charge in [0, 0.05) is 57.5 Å². The summed E-state index contributed by atoms with van der Waals surface area (Å²) in [4.78, 5) is 81.0. The summed E-state index contributed by atoms with van der Waals surface area (Å²) in [5.41, 5.74) is 4.23. The van der Waals surface area contributed by atoms with Crippen molar-refractivity contribution in [3.8, 4) is 21.9 Å². The SMILES string of the molecule is Cc1ncsc1-c1ccc(CNC(=O)[C@@H]2C[C@@H](O)CN2C(=O)[C@@H](NC(=O)COCCOCCOCCOCCCC(=O)c2nn(C)cc2NC(=O)c2coc(-c3ccnc(NCC(F)(F)F)c3)n2)C(C)(C)C)cc1. The molecular formula is C49H61F3N10O11S. The number of carbonyl (C=O) groups is 5. The highest BCUT2D eigenvalue weighted by molar-refractivity contribution is 7.13. The number of benzene rings is 1. The van der Waals surface area contributed by atoms with Gasteiger partial charge >= 0.3 is 6.18 Å². The predicted octanol–water partition coefficient (Wildman–Crippen LogP) is 4.97. The van der Waals surface area contributed by atoms with Gasteiger partial charge in [-0.2, -0.15) is 18.3 Å². The standard InChI is InChI=1S/C49H61F3N10O11S/c1-30-42(74-29-56-30)32-10-8-31(9-11-32)23-54-45(67)37-22-34(63)24-62(37)47(68)43(48(2,3)4)59-40(65)27-72-20-19-71-18-17-70-16-15-69-14-6-7-38(64)41-35(25-61(5)60-41)57-44(66)36-26-73-46(58-36)33-12-13-53-39(21-33)55-28-49(50,51)52/h8-13,21,25-26,29,34,37,43,63H,6-7,14-20,22-24,27-28H2,1-5H3,(H,53,55)(H,54,67)(H,57,66)(H,59,65)/t34-,37+,43-/m1/s1. The number of alkyl halides is 3. The monoisotopic (exact) mass is 1050 g/mol. The summed E-state index contributed by atoms with van der Waals surface area (Å²) < 4.78 is 66.7. The third kappa shape index (κ3) is 17.0. The van der Waals surface area contributed by atoms with Crippen LogP contribution in [0.25, 0.3) is 21.9 Å². The van der Waals surface area contributed by atoms with Gasteiger partial charge in [0.05, 0.1) is 67.5 Å². The van der Waals surface area contributed by atoms with Gasteiger partial charge in [0.1, 0.15) is 37.3 Å². The molecule has 1 fully saturated rings. The van der Waals surface area contributed by atoms with Gasteiger partial charge in [0.15, 0.2) is 17.2 Å². The van der Waals surface area contributed by atoms with Crippen molar-refractivity contribution in [2.45, 2.75) is 77.9 Å². The van der Waals surface area contributed by atoms with E-state index in [0.29, 0.717) is 6.42 Å². The molecule has 6 rings (SSSR count). The molecule has 5 heterocycles. The van der Waals surface area contributed by atoms with Crippen LogP contribution < -0.4 is 21.3 Å². The molecule has 25 heteroatoms. The molecule has 4 aromatic heterocycles. The second-order valence-corrected chi connectivity index (χ2v) is 19.2. The van der Waals surface area contributed by atoms with Gasteiger partial charge in [-0.15, -0.1) is 11.3 Å². The third-order valence-corrected chi connectivity index (χ3v) is 12.3. The van der Waals surface area contributed by atoms with Crippen molar-refractivity contribution in [2.24, 2.45) is 12.5 Å². The zero-order valence-corrected chi connectivity index (χ0v) is 42.5. The smallest absolute Gasteiger partial charge is 0.405 e. The summed E-state index contributed by atoms with van der Waals surface area (Å²) >= 11 is 1.55. The highest BCUT2D eigenvalue weighted by atomic mass is 32.1.